The number of primary amides is 1. The molecule has 1 aromatic rings. The van der Waals surface area contributed by atoms with E-state index in [1.165, 1.54) is 24.3 Å². The Bertz CT molecular complexity index is 945. The van der Waals surface area contributed by atoms with Gasteiger partial charge in [0.25, 0.3) is 0 Å². The van der Waals surface area contributed by atoms with Crippen molar-refractivity contribution in [2.24, 2.45) is 11.7 Å². The van der Waals surface area contributed by atoms with Gasteiger partial charge in [0.05, 0.1) is 12.5 Å². The first kappa shape index (κ1) is 28.6. The van der Waals surface area contributed by atoms with Crippen LogP contribution in [0.3, 0.4) is 0 Å². The third-order valence-corrected chi connectivity index (χ3v) is 5.75. The fourth-order valence-electron chi connectivity index (χ4n) is 3.91. The molecule has 4 unspecified atom stereocenters. The number of carboxylic acids is 1. The molecule has 36 heavy (non-hydrogen) atoms. The molecule has 8 N–H and O–H groups in total. The van der Waals surface area contributed by atoms with Crippen LogP contribution >= 0.6 is 0 Å². The fraction of sp³-hybridized carbons (Fsp3) is 0.542. The van der Waals surface area contributed by atoms with Gasteiger partial charge >= 0.3 is 5.97 Å². The van der Waals surface area contributed by atoms with E-state index >= 15 is 0 Å². The van der Waals surface area contributed by atoms with E-state index in [4.69, 9.17) is 5.73 Å². The van der Waals surface area contributed by atoms with Gasteiger partial charge in [0, 0.05) is 6.42 Å². The molecule has 198 valence electrons. The van der Waals surface area contributed by atoms with Gasteiger partial charge in [-0.3, -0.25) is 19.2 Å². The monoisotopic (exact) mass is 505 g/mol. The summed E-state index contributed by atoms with van der Waals surface area (Å²) in [5.74, 6) is -4.07. The molecule has 1 aliphatic heterocycles. The molecule has 1 aliphatic rings. The van der Waals surface area contributed by atoms with Crippen molar-refractivity contribution in [2.75, 3.05) is 6.54 Å². The van der Waals surface area contributed by atoms with Crippen molar-refractivity contribution in [1.82, 2.24) is 21.3 Å². The van der Waals surface area contributed by atoms with E-state index in [2.05, 4.69) is 21.3 Å². The zero-order chi connectivity index (χ0) is 26.8. The summed E-state index contributed by atoms with van der Waals surface area (Å²) >= 11 is 0. The van der Waals surface area contributed by atoms with Gasteiger partial charge in [-0.25, -0.2) is 4.79 Å². The number of aromatic hydroxyl groups is 1. The van der Waals surface area contributed by atoms with E-state index in [9.17, 15) is 34.2 Å². The van der Waals surface area contributed by atoms with Crippen LogP contribution < -0.4 is 27.0 Å². The lowest BCUT2D eigenvalue weighted by molar-refractivity contribution is -0.142. The average Bonchev–Trinajstić information content (AvgIpc) is 3.33. The largest absolute Gasteiger partial charge is 0.508 e. The van der Waals surface area contributed by atoms with Gasteiger partial charge < -0.3 is 37.2 Å². The zero-order valence-electron chi connectivity index (χ0n) is 20.5. The van der Waals surface area contributed by atoms with Crippen LogP contribution in [-0.4, -0.2) is 70.5 Å². The van der Waals surface area contributed by atoms with Crippen LogP contribution in [0.5, 0.6) is 5.75 Å². The Morgan fingerprint density at radius 1 is 1.00 bits per heavy atom. The van der Waals surface area contributed by atoms with Crippen LogP contribution in [0.4, 0.5) is 0 Å². The minimum absolute atomic E-state index is 0.00523. The van der Waals surface area contributed by atoms with Crippen LogP contribution in [-0.2, 0) is 30.4 Å². The smallest absolute Gasteiger partial charge is 0.326 e. The lowest BCUT2D eigenvalue weighted by Crippen LogP contribution is -2.58. The van der Waals surface area contributed by atoms with Crippen LogP contribution in [0.15, 0.2) is 24.3 Å². The standard InChI is InChI=1S/C24H35N5O7/c1-13(2)10-17(27-21(32)16-4-3-9-26-16)22(33)28-18(12-20(25)31)23(34)29-19(24(35)36)11-14-5-7-15(30)8-6-14/h5-8,13,16-19,26,30H,3-4,9-12H2,1-2H3,(H2,25,31)(H,27,32)(H,28,33)(H,29,34)(H,35,36). The van der Waals surface area contributed by atoms with E-state index < -0.39 is 54.3 Å². The minimum atomic E-state index is -1.44. The average molecular weight is 506 g/mol. The number of nitrogens with one attached hydrogen (secondary N) is 4. The number of amides is 4. The number of carbonyl (C=O) groups is 5. The highest BCUT2D eigenvalue weighted by Crippen LogP contribution is 2.12. The Morgan fingerprint density at radius 2 is 1.61 bits per heavy atom. The molecule has 2 rings (SSSR count). The quantitative estimate of drug-likeness (QED) is 0.180. The van der Waals surface area contributed by atoms with Crippen molar-refractivity contribution in [3.05, 3.63) is 29.8 Å². The van der Waals surface area contributed by atoms with Gasteiger partial charge in [-0.2, -0.15) is 0 Å². The van der Waals surface area contributed by atoms with E-state index in [0.717, 1.165) is 6.42 Å². The van der Waals surface area contributed by atoms with Crippen molar-refractivity contribution >= 4 is 29.6 Å². The van der Waals surface area contributed by atoms with Gasteiger partial charge in [-0.1, -0.05) is 26.0 Å². The summed E-state index contributed by atoms with van der Waals surface area (Å²) in [5.41, 5.74) is 5.81. The molecule has 12 heteroatoms. The number of benzene rings is 1. The molecule has 0 aromatic heterocycles. The Hall–Kier alpha value is -3.67. The molecule has 4 amide bonds. The molecule has 4 atom stereocenters. The summed E-state index contributed by atoms with van der Waals surface area (Å²) in [6, 6.07) is 1.62. The number of hydrogen-bond acceptors (Lipinski definition) is 7. The Morgan fingerprint density at radius 3 is 2.14 bits per heavy atom. The first-order valence-electron chi connectivity index (χ1n) is 11.9. The Kier molecular flexibility index (Phi) is 10.7. The first-order chi connectivity index (χ1) is 17.0. The third kappa shape index (κ3) is 9.17. The third-order valence-electron chi connectivity index (χ3n) is 5.75. The number of hydrogen-bond donors (Lipinski definition) is 7. The van der Waals surface area contributed by atoms with Gasteiger partial charge in [0.15, 0.2) is 0 Å². The van der Waals surface area contributed by atoms with Crippen molar-refractivity contribution < 1.29 is 34.2 Å². The summed E-state index contributed by atoms with van der Waals surface area (Å²) in [5, 5.41) is 29.5. The molecule has 1 aromatic carbocycles. The summed E-state index contributed by atoms with van der Waals surface area (Å²) in [7, 11) is 0. The Balaban J connectivity index is 2.12. The highest BCUT2D eigenvalue weighted by molar-refractivity contribution is 5.96. The summed E-state index contributed by atoms with van der Waals surface area (Å²) in [6.07, 6.45) is 1.11. The fourth-order valence-corrected chi connectivity index (χ4v) is 3.91. The second kappa shape index (κ2) is 13.4. The van der Waals surface area contributed by atoms with Gasteiger partial charge in [0.2, 0.25) is 23.6 Å². The van der Waals surface area contributed by atoms with E-state index in [0.29, 0.717) is 18.5 Å². The van der Waals surface area contributed by atoms with Gasteiger partial charge in [0.1, 0.15) is 23.9 Å². The Labute approximate surface area is 209 Å². The number of rotatable bonds is 13. The SMILES string of the molecule is CC(C)CC(NC(=O)C1CCCN1)C(=O)NC(CC(N)=O)C(=O)NC(Cc1ccc(O)cc1)C(=O)O. The number of nitrogens with two attached hydrogens (primary N) is 1. The van der Waals surface area contributed by atoms with E-state index in [1.807, 2.05) is 13.8 Å². The number of phenolic OH excluding ortho intramolecular Hbond substituents is 1. The molecular formula is C24H35N5O7. The zero-order valence-corrected chi connectivity index (χ0v) is 20.5. The maximum atomic E-state index is 13.0. The summed E-state index contributed by atoms with van der Waals surface area (Å²) < 4.78 is 0. The molecule has 1 heterocycles. The molecule has 0 saturated carbocycles. The lowest BCUT2D eigenvalue weighted by atomic mass is 10.0. The van der Waals surface area contributed by atoms with Crippen molar-refractivity contribution in [3.63, 3.8) is 0 Å². The molecule has 0 radical (unpaired) electrons. The topological polar surface area (TPSA) is 200 Å². The molecule has 0 bridgehead atoms. The van der Waals surface area contributed by atoms with Crippen LogP contribution in [0, 0.1) is 5.92 Å². The van der Waals surface area contributed by atoms with E-state index in [1.54, 1.807) is 0 Å². The van der Waals surface area contributed by atoms with Crippen molar-refractivity contribution in [2.45, 2.75) is 70.1 Å². The maximum Gasteiger partial charge on any atom is 0.326 e. The van der Waals surface area contributed by atoms with E-state index in [-0.39, 0.29) is 30.4 Å². The van der Waals surface area contributed by atoms with Gasteiger partial charge in [-0.05, 0) is 49.4 Å². The van der Waals surface area contributed by atoms with Crippen LogP contribution in [0.2, 0.25) is 0 Å². The molecule has 0 aliphatic carbocycles. The number of carbonyl (C=O) groups excluding carboxylic acids is 4. The molecule has 1 saturated heterocycles. The highest BCUT2D eigenvalue weighted by atomic mass is 16.4. The van der Waals surface area contributed by atoms with Gasteiger partial charge in [-0.15, -0.1) is 0 Å². The maximum absolute atomic E-state index is 13.0. The first-order valence-corrected chi connectivity index (χ1v) is 11.9. The lowest BCUT2D eigenvalue weighted by Gasteiger charge is -2.25. The number of carboxylic acid groups (broad SMARTS) is 1. The second-order valence-corrected chi connectivity index (χ2v) is 9.34. The molecule has 12 nitrogen and oxygen atoms in total. The van der Waals surface area contributed by atoms with Crippen molar-refractivity contribution in [3.8, 4) is 5.75 Å². The molecular weight excluding hydrogens is 470 g/mol. The highest BCUT2D eigenvalue weighted by Gasteiger charge is 2.32. The minimum Gasteiger partial charge on any atom is -0.508 e. The van der Waals surface area contributed by atoms with Crippen molar-refractivity contribution in [1.29, 1.82) is 0 Å². The van der Waals surface area contributed by atoms with Crippen LogP contribution in [0.25, 0.3) is 0 Å². The molecule has 1 fully saturated rings. The molecule has 0 spiro atoms. The second-order valence-electron chi connectivity index (χ2n) is 9.34. The summed E-state index contributed by atoms with van der Waals surface area (Å²) in [4.78, 5) is 61.9. The predicted molar refractivity (Wildman–Crippen MR) is 130 cm³/mol. The number of phenols is 1. The van der Waals surface area contributed by atoms with Crippen LogP contribution in [0.1, 0.15) is 45.1 Å². The normalized spacial score (nSPS) is 17.6. The number of aliphatic carboxylic acids is 1. The summed E-state index contributed by atoms with van der Waals surface area (Å²) in [6.45, 7) is 4.44. The predicted octanol–water partition coefficient (Wildman–Crippen LogP) is -0.853.